The van der Waals surface area contributed by atoms with Gasteiger partial charge in [0.25, 0.3) is 11.8 Å². The van der Waals surface area contributed by atoms with Crippen molar-refractivity contribution in [2.24, 2.45) is 17.8 Å². The number of likely N-dealkylation sites (tertiary alicyclic amines) is 2. The first kappa shape index (κ1) is 28.7. The Balaban J connectivity index is 1.51. The highest BCUT2D eigenvalue weighted by molar-refractivity contribution is 9.10. The number of carbonyl (C=O) groups is 4. The summed E-state index contributed by atoms with van der Waals surface area (Å²) in [7, 11) is 1.39. The van der Waals surface area contributed by atoms with Crippen molar-refractivity contribution in [3.63, 3.8) is 0 Å². The summed E-state index contributed by atoms with van der Waals surface area (Å²) in [5.41, 5.74) is 1.84. The van der Waals surface area contributed by atoms with Crippen LogP contribution in [0.4, 0.5) is 0 Å². The summed E-state index contributed by atoms with van der Waals surface area (Å²) >= 11 is 21.1. The predicted molar refractivity (Wildman–Crippen MR) is 158 cm³/mol. The van der Waals surface area contributed by atoms with Gasteiger partial charge in [-0.1, -0.05) is 57.9 Å². The minimum absolute atomic E-state index is 0.0930. The fourth-order valence-electron chi connectivity index (χ4n) is 7.03. The van der Waals surface area contributed by atoms with Crippen LogP contribution in [-0.2, 0) is 25.7 Å². The molecule has 6 atom stereocenters. The molecule has 8 nitrogen and oxygen atoms in total. The minimum Gasteiger partial charge on any atom is -0.503 e. The van der Waals surface area contributed by atoms with Gasteiger partial charge in [-0.2, -0.15) is 0 Å². The number of amides is 4. The quantitative estimate of drug-likeness (QED) is 0.200. The lowest BCUT2D eigenvalue weighted by Gasteiger charge is -2.50. The number of methoxy groups -OCH3 is 1. The van der Waals surface area contributed by atoms with E-state index in [1.54, 1.807) is 12.1 Å². The van der Waals surface area contributed by atoms with Crippen molar-refractivity contribution in [2.45, 2.75) is 35.1 Å². The summed E-state index contributed by atoms with van der Waals surface area (Å²) in [6, 6.07) is 12.4. The second-order valence-electron chi connectivity index (χ2n) is 10.8. The van der Waals surface area contributed by atoms with E-state index in [2.05, 4.69) is 31.9 Å². The number of hydrogen-bond acceptors (Lipinski definition) is 6. The van der Waals surface area contributed by atoms with Crippen LogP contribution in [0.2, 0.25) is 0 Å². The first-order valence-electron chi connectivity index (χ1n) is 12.9. The Morgan fingerprint density at radius 1 is 1.02 bits per heavy atom. The van der Waals surface area contributed by atoms with Gasteiger partial charge in [-0.3, -0.25) is 29.0 Å². The van der Waals surface area contributed by atoms with E-state index in [-0.39, 0.29) is 48.2 Å². The third kappa shape index (κ3) is 3.90. The van der Waals surface area contributed by atoms with Gasteiger partial charge in [0.1, 0.15) is 0 Å². The minimum atomic E-state index is -1.94. The highest BCUT2D eigenvalue weighted by atomic mass is 79.9. The van der Waals surface area contributed by atoms with E-state index >= 15 is 0 Å². The molecule has 2 saturated heterocycles. The highest BCUT2D eigenvalue weighted by Gasteiger charge is 2.76. The lowest BCUT2D eigenvalue weighted by Crippen LogP contribution is -2.60. The highest BCUT2D eigenvalue weighted by Crippen LogP contribution is 2.66. The zero-order chi connectivity index (χ0) is 29.4. The number of allylic oxidation sites excluding steroid dienone is 2. The maximum Gasteiger partial charge on any atom is 0.254 e. The number of imide groups is 2. The Labute approximate surface area is 262 Å². The number of aromatic hydroxyl groups is 1. The van der Waals surface area contributed by atoms with Gasteiger partial charge in [-0.15, -0.1) is 23.2 Å². The van der Waals surface area contributed by atoms with Crippen LogP contribution < -0.4 is 4.74 Å². The molecule has 6 unspecified atom stereocenters. The second kappa shape index (κ2) is 10.1. The van der Waals surface area contributed by atoms with Crippen molar-refractivity contribution in [2.75, 3.05) is 12.6 Å². The summed E-state index contributed by atoms with van der Waals surface area (Å²) in [6.07, 6.45) is 2.05. The van der Waals surface area contributed by atoms with Gasteiger partial charge >= 0.3 is 0 Å². The number of hydrogen-bond donors (Lipinski definition) is 1. The number of nitrogens with zero attached hydrogens (tertiary/aromatic N) is 2. The Morgan fingerprint density at radius 2 is 1.73 bits per heavy atom. The first-order chi connectivity index (χ1) is 19.5. The number of alkyl halides is 3. The molecule has 2 heterocycles. The number of carbonyl (C=O) groups excluding carboxylic acids is 4. The average Bonchev–Trinajstić information content (AvgIpc) is 3.28. The molecule has 2 aromatic rings. The number of phenolic OH excluding ortho intramolecular Hbond substituents is 1. The normalized spacial score (nSPS) is 32.6. The fraction of sp³-hybridized carbons (Fsp3) is 0.379. The van der Waals surface area contributed by atoms with Crippen molar-refractivity contribution < 1.29 is 29.0 Å². The molecule has 2 aliphatic heterocycles. The SMILES string of the molecule is COc1cc(C2C3=CCC4C(=O)N(Cc5ccccc5)C(=O)C4C3CC3(Cl)C(=O)N(CBr)C(=O)C23Cl)cc(Br)c1O. The zero-order valence-corrected chi connectivity index (χ0v) is 26.3. The van der Waals surface area contributed by atoms with Crippen molar-refractivity contribution in [3.8, 4) is 11.5 Å². The zero-order valence-electron chi connectivity index (χ0n) is 21.7. The van der Waals surface area contributed by atoms with Crippen molar-refractivity contribution in [3.05, 3.63) is 69.7 Å². The molecule has 3 fully saturated rings. The molecular weight excluding hydrogens is 703 g/mol. The summed E-state index contributed by atoms with van der Waals surface area (Å²) in [5, 5.41) is 10.5. The topological polar surface area (TPSA) is 104 Å². The molecule has 1 saturated carbocycles. The van der Waals surface area contributed by atoms with Crippen molar-refractivity contribution >= 4 is 78.7 Å². The van der Waals surface area contributed by atoms with E-state index in [1.807, 2.05) is 36.4 Å². The van der Waals surface area contributed by atoms with Gasteiger partial charge in [0.05, 0.1) is 35.4 Å². The maximum absolute atomic E-state index is 14.0. The van der Waals surface area contributed by atoms with Crippen LogP contribution in [0.5, 0.6) is 11.5 Å². The van der Waals surface area contributed by atoms with Crippen LogP contribution in [-0.4, -0.2) is 60.8 Å². The maximum atomic E-state index is 14.0. The van der Waals surface area contributed by atoms with Crippen LogP contribution in [0.15, 0.2) is 58.6 Å². The number of ether oxygens (including phenoxy) is 1. The molecule has 0 radical (unpaired) electrons. The molecule has 12 heteroatoms. The van der Waals surface area contributed by atoms with Crippen LogP contribution in [0.1, 0.15) is 29.9 Å². The van der Waals surface area contributed by atoms with Gasteiger partial charge in [0.2, 0.25) is 11.8 Å². The fourth-order valence-corrected chi connectivity index (χ4v) is 8.92. The van der Waals surface area contributed by atoms with E-state index in [4.69, 9.17) is 27.9 Å². The Morgan fingerprint density at radius 3 is 2.39 bits per heavy atom. The standard InChI is InChI=1S/C29H24Br2Cl2N2O6/c1-41-20-10-15(9-19(31)23(20)36)22-16-7-8-17-21(25(38)34(24(17)37)12-14-5-3-2-4-6-14)18(16)11-28(32)26(39)35(13-30)27(40)29(22,28)33/h2-7,9-10,17-18,21-22,36H,8,11-13H2,1H3. The molecule has 214 valence electrons. The van der Waals surface area contributed by atoms with Gasteiger partial charge in [-0.05, 0) is 57.9 Å². The summed E-state index contributed by atoms with van der Waals surface area (Å²) in [5.74, 6) is -4.93. The van der Waals surface area contributed by atoms with E-state index in [1.165, 1.54) is 12.0 Å². The van der Waals surface area contributed by atoms with Crippen LogP contribution in [0, 0.1) is 17.8 Å². The van der Waals surface area contributed by atoms with Crippen LogP contribution in [0.3, 0.4) is 0 Å². The number of fused-ring (bicyclic) bond motifs is 4. The van der Waals surface area contributed by atoms with Crippen molar-refractivity contribution in [1.82, 2.24) is 9.80 Å². The second-order valence-corrected chi connectivity index (χ2v) is 13.4. The van der Waals surface area contributed by atoms with Crippen LogP contribution >= 0.6 is 55.1 Å². The molecular formula is C29H24Br2Cl2N2O6. The number of phenols is 1. The molecule has 6 rings (SSSR count). The lowest BCUT2D eigenvalue weighted by atomic mass is 9.56. The Hall–Kier alpha value is -2.40. The van der Waals surface area contributed by atoms with E-state index < -0.39 is 45.2 Å². The lowest BCUT2D eigenvalue weighted by molar-refractivity contribution is -0.141. The number of benzene rings is 2. The molecule has 0 aromatic heterocycles. The summed E-state index contributed by atoms with van der Waals surface area (Å²) in [4.78, 5) is 53.6. The molecule has 0 bridgehead atoms. The van der Waals surface area contributed by atoms with Gasteiger partial charge in [-0.25, -0.2) is 0 Å². The van der Waals surface area contributed by atoms with Crippen molar-refractivity contribution in [1.29, 1.82) is 0 Å². The van der Waals surface area contributed by atoms with E-state index in [9.17, 15) is 24.3 Å². The molecule has 4 aliphatic rings. The van der Waals surface area contributed by atoms with Gasteiger partial charge < -0.3 is 9.84 Å². The first-order valence-corrected chi connectivity index (χ1v) is 15.6. The third-order valence-electron chi connectivity index (χ3n) is 8.89. The molecule has 2 aliphatic carbocycles. The third-order valence-corrected chi connectivity index (χ3v) is 11.4. The molecule has 2 aromatic carbocycles. The molecule has 0 spiro atoms. The van der Waals surface area contributed by atoms with Gasteiger partial charge in [0.15, 0.2) is 21.2 Å². The largest absolute Gasteiger partial charge is 0.503 e. The van der Waals surface area contributed by atoms with E-state index in [0.29, 0.717) is 15.6 Å². The van der Waals surface area contributed by atoms with Crippen LogP contribution in [0.25, 0.3) is 0 Å². The summed E-state index contributed by atoms with van der Waals surface area (Å²) in [6.45, 7) is 0.138. The number of halogens is 4. The monoisotopic (exact) mass is 724 g/mol. The molecule has 1 N–H and O–H groups in total. The van der Waals surface area contributed by atoms with E-state index in [0.717, 1.165) is 10.5 Å². The van der Waals surface area contributed by atoms with Gasteiger partial charge in [0, 0.05) is 5.92 Å². The molecule has 41 heavy (non-hydrogen) atoms. The predicted octanol–water partition coefficient (Wildman–Crippen LogP) is 5.07. The smallest absolute Gasteiger partial charge is 0.254 e. The Bertz CT molecular complexity index is 1540. The number of rotatable bonds is 5. The summed E-state index contributed by atoms with van der Waals surface area (Å²) < 4.78 is 5.66. The Kier molecular flexibility index (Phi) is 7.08. The molecule has 4 amide bonds. The average molecular weight is 727 g/mol.